The number of halogens is 1. The van der Waals surface area contributed by atoms with Crippen LogP contribution in [0.3, 0.4) is 0 Å². The van der Waals surface area contributed by atoms with Crippen molar-refractivity contribution in [1.29, 1.82) is 0 Å². The number of hydrogen-bond donors (Lipinski definition) is 2. The number of sulfonamides is 1. The summed E-state index contributed by atoms with van der Waals surface area (Å²) in [6.07, 6.45) is -1.40. The maximum Gasteiger partial charge on any atom is 0.511 e. The lowest BCUT2D eigenvalue weighted by Gasteiger charge is -2.20. The number of thioether (sulfide) groups is 1. The number of carbonyl (C=O) groups is 1. The highest BCUT2D eigenvalue weighted by molar-refractivity contribution is 9.10. The van der Waals surface area contributed by atoms with Gasteiger partial charge < -0.3 is 14.6 Å². The number of ether oxygens (including phenoxy) is 2. The fraction of sp³-hybridized carbons (Fsp3) is 0.174. The maximum absolute atomic E-state index is 12.5. The van der Waals surface area contributed by atoms with E-state index in [2.05, 4.69) is 20.7 Å². The zero-order chi connectivity index (χ0) is 23.4. The monoisotopic (exact) mass is 549 g/mol. The van der Waals surface area contributed by atoms with E-state index in [1.165, 1.54) is 11.8 Å². The summed E-state index contributed by atoms with van der Waals surface area (Å²) in [4.78, 5) is 11.2. The molecule has 0 aliphatic carbocycles. The Morgan fingerprint density at radius 2 is 1.91 bits per heavy atom. The van der Waals surface area contributed by atoms with Crippen molar-refractivity contribution in [3.8, 4) is 11.5 Å². The molecule has 1 aliphatic heterocycles. The first-order valence-corrected chi connectivity index (χ1v) is 13.3. The van der Waals surface area contributed by atoms with Gasteiger partial charge in [-0.3, -0.25) is 0 Å². The minimum atomic E-state index is -3.60. The minimum Gasteiger partial charge on any atom is -0.489 e. The highest BCUT2D eigenvalue weighted by Gasteiger charge is 2.26. The summed E-state index contributed by atoms with van der Waals surface area (Å²) in [6, 6.07) is 19.0. The Morgan fingerprint density at radius 1 is 1.12 bits per heavy atom. The molecule has 172 valence electrons. The van der Waals surface area contributed by atoms with Crippen molar-refractivity contribution in [2.75, 3.05) is 12.3 Å². The van der Waals surface area contributed by atoms with Gasteiger partial charge in [0.1, 0.15) is 18.1 Å². The normalized spacial score (nSPS) is 15.0. The van der Waals surface area contributed by atoms with E-state index in [0.717, 1.165) is 21.2 Å². The Balaban J connectivity index is 1.58. The van der Waals surface area contributed by atoms with Crippen molar-refractivity contribution in [3.05, 3.63) is 87.9 Å². The second-order valence-corrected chi connectivity index (χ2v) is 11.1. The van der Waals surface area contributed by atoms with Crippen LogP contribution in [0.2, 0.25) is 0 Å². The summed E-state index contributed by atoms with van der Waals surface area (Å²) in [5, 5.41) is 8.79. The third-order valence-electron chi connectivity index (χ3n) is 4.97. The van der Waals surface area contributed by atoms with Gasteiger partial charge in [-0.25, -0.2) is 17.9 Å². The van der Waals surface area contributed by atoms with Gasteiger partial charge in [-0.05, 0) is 53.6 Å². The molecule has 0 saturated heterocycles. The Hall–Kier alpha value is -2.53. The predicted octanol–water partition coefficient (Wildman–Crippen LogP) is 5.20. The van der Waals surface area contributed by atoms with Crippen LogP contribution in [0.4, 0.5) is 4.79 Å². The first-order chi connectivity index (χ1) is 15.8. The van der Waals surface area contributed by atoms with E-state index in [4.69, 9.17) is 14.6 Å². The summed E-state index contributed by atoms with van der Waals surface area (Å²) in [6.45, 7) is 0.593. The third kappa shape index (κ3) is 5.70. The van der Waals surface area contributed by atoms with Crippen molar-refractivity contribution in [1.82, 2.24) is 4.72 Å². The molecule has 4 rings (SSSR count). The molecular weight excluding hydrogens is 530 g/mol. The lowest BCUT2D eigenvalue weighted by atomic mass is 10.00. The van der Waals surface area contributed by atoms with E-state index < -0.39 is 16.2 Å². The minimum absolute atomic E-state index is 0.193. The first-order valence-electron chi connectivity index (χ1n) is 9.95. The Bertz CT molecular complexity index is 1270. The van der Waals surface area contributed by atoms with Gasteiger partial charge >= 0.3 is 6.16 Å². The van der Waals surface area contributed by atoms with Gasteiger partial charge in [0.25, 0.3) is 0 Å². The van der Waals surface area contributed by atoms with Crippen LogP contribution < -0.4 is 14.2 Å². The zero-order valence-electron chi connectivity index (χ0n) is 17.2. The van der Waals surface area contributed by atoms with E-state index in [1.54, 1.807) is 48.5 Å². The van der Waals surface area contributed by atoms with Crippen LogP contribution >= 0.6 is 27.7 Å². The van der Waals surface area contributed by atoms with Crippen molar-refractivity contribution in [2.45, 2.75) is 16.8 Å². The molecule has 7 nitrogen and oxygen atoms in total. The SMILES string of the molecule is O=C(O)Oc1ccc2c(c1)C(SCCNS(=O)(=O)c1ccccc1)c1cc(Br)ccc1CO2. The van der Waals surface area contributed by atoms with Crippen molar-refractivity contribution < 1.29 is 27.8 Å². The average molecular weight is 550 g/mol. The standard InChI is InChI=1S/C23H20BrNO6S2/c24-16-7-6-15-14-30-21-9-8-17(31-23(26)27)13-20(21)22(19(15)12-16)32-11-10-25-33(28,29)18-4-2-1-3-5-18/h1-9,12-13,22,25H,10-11,14H2,(H,26,27). The Labute approximate surface area is 204 Å². The van der Waals surface area contributed by atoms with Gasteiger partial charge in [0.2, 0.25) is 10.0 Å². The highest BCUT2D eigenvalue weighted by atomic mass is 79.9. The van der Waals surface area contributed by atoms with Crippen LogP contribution in [0.25, 0.3) is 0 Å². The van der Waals surface area contributed by atoms with Gasteiger partial charge in [0.05, 0.1) is 10.1 Å². The lowest BCUT2D eigenvalue weighted by molar-refractivity contribution is 0.144. The van der Waals surface area contributed by atoms with Gasteiger partial charge in [-0.2, -0.15) is 0 Å². The number of benzene rings is 3. The van der Waals surface area contributed by atoms with E-state index in [1.807, 2.05) is 18.2 Å². The van der Waals surface area contributed by atoms with Gasteiger partial charge in [0, 0.05) is 22.3 Å². The van der Waals surface area contributed by atoms with Crippen LogP contribution in [0.1, 0.15) is 21.9 Å². The third-order valence-corrected chi connectivity index (χ3v) is 8.23. The number of carboxylic acid groups (broad SMARTS) is 1. The van der Waals surface area contributed by atoms with Gasteiger partial charge in [-0.15, -0.1) is 11.8 Å². The van der Waals surface area contributed by atoms with Crippen LogP contribution in [0, 0.1) is 0 Å². The van der Waals surface area contributed by atoms with Gasteiger partial charge in [-0.1, -0.05) is 40.2 Å². The number of nitrogens with one attached hydrogen (secondary N) is 1. The number of hydrogen-bond acceptors (Lipinski definition) is 6. The molecule has 0 spiro atoms. The predicted molar refractivity (Wildman–Crippen MR) is 130 cm³/mol. The van der Waals surface area contributed by atoms with Crippen molar-refractivity contribution in [2.24, 2.45) is 0 Å². The van der Waals surface area contributed by atoms with E-state index >= 15 is 0 Å². The molecule has 3 aromatic carbocycles. The molecule has 1 unspecified atom stereocenters. The van der Waals surface area contributed by atoms with Crippen LogP contribution in [0.15, 0.2) is 76.1 Å². The molecule has 2 N–H and O–H groups in total. The molecular formula is C23H20BrNO6S2. The zero-order valence-corrected chi connectivity index (χ0v) is 20.5. The summed E-state index contributed by atoms with van der Waals surface area (Å²) >= 11 is 5.06. The Morgan fingerprint density at radius 3 is 2.67 bits per heavy atom. The molecule has 10 heteroatoms. The van der Waals surface area contributed by atoms with Crippen molar-refractivity contribution in [3.63, 3.8) is 0 Å². The largest absolute Gasteiger partial charge is 0.511 e. The highest BCUT2D eigenvalue weighted by Crippen LogP contribution is 2.46. The summed E-state index contributed by atoms with van der Waals surface area (Å²) in [5.41, 5.74) is 2.77. The van der Waals surface area contributed by atoms with E-state index in [0.29, 0.717) is 18.1 Å². The molecule has 1 heterocycles. The quantitative estimate of drug-likeness (QED) is 0.237. The van der Waals surface area contributed by atoms with Crippen molar-refractivity contribution >= 4 is 43.9 Å². The molecule has 0 fully saturated rings. The Kier molecular flexibility index (Phi) is 7.28. The van der Waals surface area contributed by atoms with Crippen LogP contribution in [-0.2, 0) is 16.6 Å². The van der Waals surface area contributed by atoms with Crippen LogP contribution in [0.5, 0.6) is 11.5 Å². The molecule has 0 radical (unpaired) electrons. The molecule has 1 aliphatic rings. The summed E-state index contributed by atoms with van der Waals surface area (Å²) in [5.74, 6) is 1.30. The van der Waals surface area contributed by atoms with Gasteiger partial charge in [0.15, 0.2) is 0 Å². The number of rotatable bonds is 7. The fourth-order valence-corrected chi connectivity index (χ4v) is 6.29. The first kappa shape index (κ1) is 23.6. The maximum atomic E-state index is 12.5. The molecule has 33 heavy (non-hydrogen) atoms. The fourth-order valence-electron chi connectivity index (χ4n) is 3.51. The molecule has 3 aromatic rings. The smallest absolute Gasteiger partial charge is 0.489 e. The average Bonchev–Trinajstić information content (AvgIpc) is 2.93. The second-order valence-electron chi connectivity index (χ2n) is 7.16. The molecule has 0 amide bonds. The molecule has 0 bridgehead atoms. The second kappa shape index (κ2) is 10.2. The molecule has 1 atom stereocenters. The summed E-state index contributed by atoms with van der Waals surface area (Å²) < 4.78 is 39.4. The van der Waals surface area contributed by atoms with Crippen LogP contribution in [-0.4, -0.2) is 32.0 Å². The number of fused-ring (bicyclic) bond motifs is 2. The lowest BCUT2D eigenvalue weighted by Crippen LogP contribution is -2.26. The molecule has 0 saturated carbocycles. The van der Waals surface area contributed by atoms with E-state index in [-0.39, 0.29) is 22.4 Å². The topological polar surface area (TPSA) is 102 Å². The van der Waals surface area contributed by atoms with E-state index in [9.17, 15) is 13.2 Å². The summed E-state index contributed by atoms with van der Waals surface area (Å²) in [7, 11) is -3.60. The molecule has 0 aromatic heterocycles.